The monoisotopic (exact) mass is 134 g/mol. The molecule has 0 bridgehead atoms. The Balaban J connectivity index is 2.72. The summed E-state index contributed by atoms with van der Waals surface area (Å²) in [6.45, 7) is 2.06. The summed E-state index contributed by atoms with van der Waals surface area (Å²) >= 11 is 0. The van der Waals surface area contributed by atoms with E-state index in [0.717, 1.165) is 12.8 Å². The zero-order valence-corrected chi connectivity index (χ0v) is 6.04. The first-order chi connectivity index (χ1) is 4.83. The summed E-state index contributed by atoms with van der Waals surface area (Å²) in [5.74, 6) is 0. The number of allylic oxidation sites excluding steroid dienone is 1. The lowest BCUT2D eigenvalue weighted by Crippen LogP contribution is -2.17. The number of nitriles is 1. The Bertz CT molecular complexity index is 196. The summed E-state index contributed by atoms with van der Waals surface area (Å²) in [6, 6.07) is 2.19. The van der Waals surface area contributed by atoms with E-state index >= 15 is 0 Å². The minimum atomic E-state index is -0.519. The van der Waals surface area contributed by atoms with Crippen molar-refractivity contribution < 1.29 is 0 Å². The van der Waals surface area contributed by atoms with Crippen molar-refractivity contribution in [3.05, 3.63) is 12.2 Å². The van der Waals surface area contributed by atoms with Crippen LogP contribution in [0.2, 0.25) is 0 Å². The molecule has 0 aromatic rings. The summed E-state index contributed by atoms with van der Waals surface area (Å²) in [4.78, 5) is 4.08. The predicted molar refractivity (Wildman–Crippen MR) is 40.9 cm³/mol. The van der Waals surface area contributed by atoms with Crippen molar-refractivity contribution in [2.24, 2.45) is 4.99 Å². The smallest absolute Gasteiger partial charge is 0.165 e. The fourth-order valence-corrected chi connectivity index (χ4v) is 1.07. The molecular formula is C8H10N2. The number of hydrogen-bond donors (Lipinski definition) is 0. The second-order valence-corrected chi connectivity index (χ2v) is 2.42. The average Bonchev–Trinajstić information content (AvgIpc) is 2.39. The fourth-order valence-electron chi connectivity index (χ4n) is 1.07. The molecule has 0 spiro atoms. The molecular weight excluding hydrogens is 124 g/mol. The first-order valence-electron chi connectivity index (χ1n) is 3.47. The molecule has 0 amide bonds. The van der Waals surface area contributed by atoms with Crippen LogP contribution < -0.4 is 0 Å². The van der Waals surface area contributed by atoms with Crippen molar-refractivity contribution in [2.75, 3.05) is 0 Å². The highest BCUT2D eigenvalue weighted by Crippen LogP contribution is 2.21. The Morgan fingerprint density at radius 2 is 2.50 bits per heavy atom. The van der Waals surface area contributed by atoms with Gasteiger partial charge in [0.15, 0.2) is 5.54 Å². The Morgan fingerprint density at radius 1 is 1.70 bits per heavy atom. The molecule has 52 valence electrons. The van der Waals surface area contributed by atoms with E-state index < -0.39 is 5.54 Å². The normalized spacial score (nSPS) is 28.8. The molecule has 0 aliphatic carbocycles. The standard InChI is InChI=1S/C8H10N2/c1-2-4-8(7-9)5-3-6-10-8/h3,5-6H,2,4H2,1H3. The van der Waals surface area contributed by atoms with Gasteiger partial charge in [-0.1, -0.05) is 13.3 Å². The zero-order chi connectivity index (χ0) is 7.45. The number of nitrogens with zero attached hydrogens (tertiary/aromatic N) is 2. The van der Waals surface area contributed by atoms with E-state index in [1.807, 2.05) is 12.2 Å². The summed E-state index contributed by atoms with van der Waals surface area (Å²) in [7, 11) is 0. The van der Waals surface area contributed by atoms with Gasteiger partial charge in [0.05, 0.1) is 6.07 Å². The van der Waals surface area contributed by atoms with Gasteiger partial charge in [0.25, 0.3) is 0 Å². The summed E-state index contributed by atoms with van der Waals surface area (Å²) in [5, 5.41) is 8.73. The van der Waals surface area contributed by atoms with E-state index in [-0.39, 0.29) is 0 Å². The van der Waals surface area contributed by atoms with Crippen molar-refractivity contribution in [2.45, 2.75) is 25.3 Å². The van der Waals surface area contributed by atoms with Crippen LogP contribution in [-0.2, 0) is 0 Å². The van der Waals surface area contributed by atoms with Gasteiger partial charge in [-0.15, -0.1) is 0 Å². The van der Waals surface area contributed by atoms with Gasteiger partial charge >= 0.3 is 0 Å². The van der Waals surface area contributed by atoms with E-state index in [4.69, 9.17) is 5.26 Å². The largest absolute Gasteiger partial charge is 0.267 e. The molecule has 0 radical (unpaired) electrons. The Hall–Kier alpha value is -1.10. The molecule has 0 N–H and O–H groups in total. The third kappa shape index (κ3) is 1.08. The quantitative estimate of drug-likeness (QED) is 0.566. The van der Waals surface area contributed by atoms with Gasteiger partial charge in [0.1, 0.15) is 0 Å². The van der Waals surface area contributed by atoms with Gasteiger partial charge in [0, 0.05) is 6.21 Å². The van der Waals surface area contributed by atoms with Crippen LogP contribution in [0.15, 0.2) is 17.1 Å². The molecule has 0 fully saturated rings. The van der Waals surface area contributed by atoms with Crippen LogP contribution in [-0.4, -0.2) is 11.8 Å². The minimum Gasteiger partial charge on any atom is -0.267 e. The van der Waals surface area contributed by atoms with Crippen molar-refractivity contribution >= 4 is 6.21 Å². The molecule has 1 atom stereocenters. The fraction of sp³-hybridized carbons (Fsp3) is 0.500. The van der Waals surface area contributed by atoms with Gasteiger partial charge in [-0.05, 0) is 18.6 Å². The summed E-state index contributed by atoms with van der Waals surface area (Å²) in [6.07, 6.45) is 7.21. The van der Waals surface area contributed by atoms with Crippen LogP contribution in [0.5, 0.6) is 0 Å². The third-order valence-corrected chi connectivity index (χ3v) is 1.59. The van der Waals surface area contributed by atoms with E-state index in [0.29, 0.717) is 0 Å². The van der Waals surface area contributed by atoms with Crippen LogP contribution in [0.1, 0.15) is 19.8 Å². The molecule has 1 unspecified atom stereocenters. The lowest BCUT2D eigenvalue weighted by atomic mass is 9.98. The Morgan fingerprint density at radius 3 is 2.90 bits per heavy atom. The van der Waals surface area contributed by atoms with E-state index in [1.54, 1.807) is 6.21 Å². The number of aliphatic imine (C=N–C) groups is 1. The Labute approximate surface area is 60.9 Å². The molecule has 1 rings (SSSR count). The van der Waals surface area contributed by atoms with Crippen LogP contribution in [0.4, 0.5) is 0 Å². The molecule has 0 aromatic carbocycles. The van der Waals surface area contributed by atoms with Gasteiger partial charge in [0.2, 0.25) is 0 Å². The van der Waals surface area contributed by atoms with Crippen LogP contribution in [0, 0.1) is 11.3 Å². The molecule has 2 heteroatoms. The maximum atomic E-state index is 8.73. The van der Waals surface area contributed by atoms with Gasteiger partial charge in [-0.25, -0.2) is 0 Å². The summed E-state index contributed by atoms with van der Waals surface area (Å²) in [5.41, 5.74) is -0.519. The SMILES string of the molecule is CCCC1(C#N)C=CC=N1. The van der Waals surface area contributed by atoms with Crippen molar-refractivity contribution in [3.8, 4) is 6.07 Å². The zero-order valence-electron chi connectivity index (χ0n) is 6.04. The second kappa shape index (κ2) is 2.66. The maximum absolute atomic E-state index is 8.73. The molecule has 0 saturated carbocycles. The lowest BCUT2D eigenvalue weighted by Gasteiger charge is -2.12. The van der Waals surface area contributed by atoms with Gasteiger partial charge < -0.3 is 0 Å². The predicted octanol–water partition coefficient (Wildman–Crippen LogP) is 1.69. The van der Waals surface area contributed by atoms with Crippen LogP contribution in [0.25, 0.3) is 0 Å². The maximum Gasteiger partial charge on any atom is 0.165 e. The van der Waals surface area contributed by atoms with Crippen molar-refractivity contribution in [1.82, 2.24) is 0 Å². The second-order valence-electron chi connectivity index (χ2n) is 2.42. The molecule has 1 heterocycles. The van der Waals surface area contributed by atoms with E-state index in [1.165, 1.54) is 0 Å². The number of rotatable bonds is 2. The molecule has 1 aliphatic rings. The molecule has 10 heavy (non-hydrogen) atoms. The highest BCUT2D eigenvalue weighted by molar-refractivity contribution is 5.76. The van der Waals surface area contributed by atoms with Crippen LogP contribution in [0.3, 0.4) is 0 Å². The summed E-state index contributed by atoms with van der Waals surface area (Å²) < 4.78 is 0. The highest BCUT2D eigenvalue weighted by atomic mass is 14.9. The number of hydrogen-bond acceptors (Lipinski definition) is 2. The molecule has 0 saturated heterocycles. The van der Waals surface area contributed by atoms with Crippen molar-refractivity contribution in [3.63, 3.8) is 0 Å². The van der Waals surface area contributed by atoms with E-state index in [9.17, 15) is 0 Å². The topological polar surface area (TPSA) is 36.1 Å². The third-order valence-electron chi connectivity index (χ3n) is 1.59. The first kappa shape index (κ1) is 7.01. The van der Waals surface area contributed by atoms with Gasteiger partial charge in [-0.3, -0.25) is 4.99 Å². The van der Waals surface area contributed by atoms with Crippen LogP contribution >= 0.6 is 0 Å². The lowest BCUT2D eigenvalue weighted by molar-refractivity contribution is 0.605. The van der Waals surface area contributed by atoms with Crippen molar-refractivity contribution in [1.29, 1.82) is 5.26 Å². The Kier molecular flexibility index (Phi) is 1.86. The average molecular weight is 134 g/mol. The molecule has 0 aromatic heterocycles. The minimum absolute atomic E-state index is 0.519. The highest BCUT2D eigenvalue weighted by Gasteiger charge is 2.25. The van der Waals surface area contributed by atoms with Gasteiger partial charge in [-0.2, -0.15) is 5.26 Å². The molecule has 2 nitrogen and oxygen atoms in total. The molecule has 1 aliphatic heterocycles. The first-order valence-corrected chi connectivity index (χ1v) is 3.47. The van der Waals surface area contributed by atoms with E-state index in [2.05, 4.69) is 18.0 Å².